The average molecular weight is 259 g/mol. The minimum atomic E-state index is -0.539. The van der Waals surface area contributed by atoms with Crippen molar-refractivity contribution < 1.29 is 14.4 Å². The summed E-state index contributed by atoms with van der Waals surface area (Å²) in [6, 6.07) is 6.66. The van der Waals surface area contributed by atoms with Crippen LogP contribution in [0.5, 0.6) is 11.5 Å². The lowest BCUT2D eigenvalue weighted by Gasteiger charge is -2.05. The number of benzene rings is 1. The Bertz CT molecular complexity index is 672. The van der Waals surface area contributed by atoms with Crippen molar-refractivity contribution >= 4 is 11.5 Å². The van der Waals surface area contributed by atoms with Crippen LogP contribution in [0.15, 0.2) is 30.5 Å². The summed E-state index contributed by atoms with van der Waals surface area (Å²) in [5.74, 6) is 1.07. The van der Waals surface area contributed by atoms with Crippen molar-refractivity contribution in [1.29, 1.82) is 0 Å². The van der Waals surface area contributed by atoms with E-state index in [-0.39, 0.29) is 18.3 Å². The SMILES string of the molecule is Nc1nccc(-c2ccc3c(c2)OCO3)c1[N+](=O)[O-]. The molecule has 3 rings (SSSR count). The molecule has 1 aromatic heterocycles. The third kappa shape index (κ3) is 1.81. The molecular formula is C12H9N3O4. The summed E-state index contributed by atoms with van der Waals surface area (Å²) in [7, 11) is 0. The van der Waals surface area contributed by atoms with Crippen LogP contribution in [0.2, 0.25) is 0 Å². The second-order valence-electron chi connectivity index (χ2n) is 3.92. The van der Waals surface area contributed by atoms with E-state index >= 15 is 0 Å². The van der Waals surface area contributed by atoms with Crippen LogP contribution >= 0.6 is 0 Å². The fraction of sp³-hybridized carbons (Fsp3) is 0.0833. The smallest absolute Gasteiger partial charge is 0.318 e. The van der Waals surface area contributed by atoms with Crippen molar-refractivity contribution in [2.45, 2.75) is 0 Å². The average Bonchev–Trinajstić information content (AvgIpc) is 2.85. The number of anilines is 1. The summed E-state index contributed by atoms with van der Waals surface area (Å²) >= 11 is 0. The quantitative estimate of drug-likeness (QED) is 0.653. The molecule has 0 spiro atoms. The highest BCUT2D eigenvalue weighted by Crippen LogP contribution is 2.39. The number of hydrogen-bond donors (Lipinski definition) is 1. The Hall–Kier alpha value is -2.83. The lowest BCUT2D eigenvalue weighted by molar-refractivity contribution is -0.383. The highest BCUT2D eigenvalue weighted by atomic mass is 16.7. The van der Waals surface area contributed by atoms with Crippen LogP contribution in [-0.2, 0) is 0 Å². The number of nitrogens with two attached hydrogens (primary N) is 1. The van der Waals surface area contributed by atoms with Gasteiger partial charge < -0.3 is 15.2 Å². The largest absolute Gasteiger partial charge is 0.454 e. The fourth-order valence-electron chi connectivity index (χ4n) is 1.96. The van der Waals surface area contributed by atoms with Gasteiger partial charge in [-0.05, 0) is 23.8 Å². The number of rotatable bonds is 2. The van der Waals surface area contributed by atoms with Crippen molar-refractivity contribution in [3.63, 3.8) is 0 Å². The summed E-state index contributed by atoms with van der Waals surface area (Å²) in [5.41, 5.74) is 6.39. The van der Waals surface area contributed by atoms with Crippen LogP contribution in [0.4, 0.5) is 11.5 Å². The molecule has 7 heteroatoms. The summed E-state index contributed by atoms with van der Waals surface area (Å²) in [6.45, 7) is 0.152. The van der Waals surface area contributed by atoms with E-state index < -0.39 is 4.92 Å². The third-order valence-corrected chi connectivity index (χ3v) is 2.82. The number of aromatic nitrogens is 1. The van der Waals surface area contributed by atoms with Crippen LogP contribution in [0, 0.1) is 10.1 Å². The van der Waals surface area contributed by atoms with Gasteiger partial charge in [0.1, 0.15) is 0 Å². The van der Waals surface area contributed by atoms with Crippen LogP contribution in [0.25, 0.3) is 11.1 Å². The van der Waals surface area contributed by atoms with Gasteiger partial charge in [0.25, 0.3) is 0 Å². The first-order valence-electron chi connectivity index (χ1n) is 5.45. The molecule has 0 saturated carbocycles. The van der Waals surface area contributed by atoms with Crippen LogP contribution in [0.3, 0.4) is 0 Å². The van der Waals surface area contributed by atoms with Crippen molar-refractivity contribution in [3.8, 4) is 22.6 Å². The maximum Gasteiger partial charge on any atom is 0.318 e. The highest BCUT2D eigenvalue weighted by molar-refractivity contribution is 5.80. The zero-order valence-electron chi connectivity index (χ0n) is 9.70. The van der Waals surface area contributed by atoms with Crippen molar-refractivity contribution in [2.24, 2.45) is 0 Å². The first-order chi connectivity index (χ1) is 9.16. The van der Waals surface area contributed by atoms with Gasteiger partial charge in [0.15, 0.2) is 11.5 Å². The first-order valence-corrected chi connectivity index (χ1v) is 5.45. The van der Waals surface area contributed by atoms with Gasteiger partial charge in [-0.1, -0.05) is 6.07 Å². The Morgan fingerprint density at radius 2 is 2.05 bits per heavy atom. The number of hydrogen-bond acceptors (Lipinski definition) is 6. The molecule has 1 aliphatic rings. The number of nitrogens with zero attached hydrogens (tertiary/aromatic N) is 2. The highest BCUT2D eigenvalue weighted by Gasteiger charge is 2.22. The van der Waals surface area contributed by atoms with Crippen molar-refractivity contribution in [3.05, 3.63) is 40.6 Å². The van der Waals surface area contributed by atoms with Gasteiger partial charge in [-0.15, -0.1) is 0 Å². The van der Waals surface area contributed by atoms with E-state index in [0.717, 1.165) is 0 Å². The molecule has 2 heterocycles. The molecule has 0 saturated heterocycles. The zero-order chi connectivity index (χ0) is 13.4. The number of ether oxygens (including phenoxy) is 2. The normalized spacial score (nSPS) is 12.4. The molecule has 0 fully saturated rings. The lowest BCUT2D eigenvalue weighted by atomic mass is 10.0. The topological polar surface area (TPSA) is 101 Å². The van der Waals surface area contributed by atoms with Gasteiger partial charge in [-0.25, -0.2) is 4.98 Å². The predicted molar refractivity (Wildman–Crippen MR) is 66.9 cm³/mol. The summed E-state index contributed by atoms with van der Waals surface area (Å²) in [6.07, 6.45) is 1.43. The summed E-state index contributed by atoms with van der Waals surface area (Å²) < 4.78 is 10.4. The van der Waals surface area contributed by atoms with E-state index in [2.05, 4.69) is 4.98 Å². The van der Waals surface area contributed by atoms with Gasteiger partial charge >= 0.3 is 5.69 Å². The Kier molecular flexibility index (Phi) is 2.45. The Labute approximate surface area is 107 Å². The standard InChI is InChI=1S/C12H9N3O4/c13-12-11(15(16)17)8(3-4-14-12)7-1-2-9-10(5-7)19-6-18-9/h1-5H,6H2,(H2,13,14). The molecule has 0 amide bonds. The molecule has 7 nitrogen and oxygen atoms in total. The minimum absolute atomic E-state index is 0.111. The molecule has 1 aliphatic heterocycles. The molecule has 1 aromatic carbocycles. The Balaban J connectivity index is 2.17. The number of pyridine rings is 1. The fourth-order valence-corrected chi connectivity index (χ4v) is 1.96. The van der Waals surface area contributed by atoms with Crippen LogP contribution < -0.4 is 15.2 Å². The van der Waals surface area contributed by atoms with Crippen LogP contribution in [0.1, 0.15) is 0 Å². The molecule has 2 aromatic rings. The molecule has 19 heavy (non-hydrogen) atoms. The van der Waals surface area contributed by atoms with Crippen molar-refractivity contribution in [1.82, 2.24) is 4.98 Å². The Morgan fingerprint density at radius 3 is 2.84 bits per heavy atom. The van der Waals surface area contributed by atoms with E-state index in [0.29, 0.717) is 22.6 Å². The second kappa shape index (κ2) is 4.13. The van der Waals surface area contributed by atoms with Gasteiger partial charge in [-0.2, -0.15) is 0 Å². The predicted octanol–water partition coefficient (Wildman–Crippen LogP) is 1.97. The van der Waals surface area contributed by atoms with Gasteiger partial charge in [0.2, 0.25) is 12.6 Å². The van der Waals surface area contributed by atoms with E-state index in [9.17, 15) is 10.1 Å². The molecule has 0 radical (unpaired) electrons. The van der Waals surface area contributed by atoms with Gasteiger partial charge in [0, 0.05) is 6.20 Å². The van der Waals surface area contributed by atoms with E-state index in [4.69, 9.17) is 15.2 Å². The third-order valence-electron chi connectivity index (χ3n) is 2.82. The number of fused-ring (bicyclic) bond motifs is 1. The molecule has 0 bridgehead atoms. The maximum absolute atomic E-state index is 11.1. The monoisotopic (exact) mass is 259 g/mol. The summed E-state index contributed by atoms with van der Waals surface area (Å²) in [5, 5.41) is 11.1. The molecule has 2 N–H and O–H groups in total. The minimum Gasteiger partial charge on any atom is -0.454 e. The molecule has 0 aliphatic carbocycles. The molecular weight excluding hydrogens is 250 g/mol. The Morgan fingerprint density at radius 1 is 1.26 bits per heavy atom. The molecule has 0 atom stereocenters. The lowest BCUT2D eigenvalue weighted by Crippen LogP contribution is -2.00. The van der Waals surface area contributed by atoms with Gasteiger partial charge in [-0.3, -0.25) is 10.1 Å². The summed E-state index contributed by atoms with van der Waals surface area (Å²) in [4.78, 5) is 14.3. The number of nitro groups is 1. The van der Waals surface area contributed by atoms with E-state index in [1.165, 1.54) is 6.20 Å². The van der Waals surface area contributed by atoms with Crippen molar-refractivity contribution in [2.75, 3.05) is 12.5 Å². The first kappa shape index (κ1) is 11.3. The van der Waals surface area contributed by atoms with E-state index in [1.807, 2.05) is 0 Å². The second-order valence-corrected chi connectivity index (χ2v) is 3.92. The molecule has 0 unspecified atom stereocenters. The van der Waals surface area contributed by atoms with Crippen LogP contribution in [-0.4, -0.2) is 16.7 Å². The van der Waals surface area contributed by atoms with Gasteiger partial charge in [0.05, 0.1) is 10.5 Å². The molecule has 96 valence electrons. The number of nitrogen functional groups attached to an aromatic ring is 1. The maximum atomic E-state index is 11.1. The van der Waals surface area contributed by atoms with E-state index in [1.54, 1.807) is 24.3 Å². The zero-order valence-corrected chi connectivity index (χ0v) is 9.70.